The smallest absolute Gasteiger partial charge is 0.152 e. The van der Waals surface area contributed by atoms with Crippen molar-refractivity contribution >= 4 is 0 Å². The Morgan fingerprint density at radius 1 is 1.12 bits per heavy atom. The third-order valence-electron chi connectivity index (χ3n) is 4.31. The molecule has 0 unspecified atom stereocenters. The highest BCUT2D eigenvalue weighted by molar-refractivity contribution is 5.33. The van der Waals surface area contributed by atoms with Crippen LogP contribution in [-0.4, -0.2) is 50.6 Å². The van der Waals surface area contributed by atoms with Crippen LogP contribution in [0.15, 0.2) is 36.7 Å². The van der Waals surface area contributed by atoms with Crippen LogP contribution in [0.4, 0.5) is 0 Å². The third kappa shape index (κ3) is 5.40. The minimum absolute atomic E-state index is 0.0894. The van der Waals surface area contributed by atoms with Crippen molar-refractivity contribution in [3.05, 3.63) is 42.2 Å². The van der Waals surface area contributed by atoms with E-state index >= 15 is 0 Å². The quantitative estimate of drug-likeness (QED) is 0.591. The summed E-state index contributed by atoms with van der Waals surface area (Å²) >= 11 is 0. The maximum Gasteiger partial charge on any atom is 0.152 e. The summed E-state index contributed by atoms with van der Waals surface area (Å²) in [6.45, 7) is 6.54. The molecule has 0 amide bonds. The molecule has 0 atom stereocenters. The fourth-order valence-electron chi connectivity index (χ4n) is 2.90. The maximum atomic E-state index is 6.00. The van der Waals surface area contributed by atoms with Crippen molar-refractivity contribution in [2.24, 2.45) is 0 Å². The highest BCUT2D eigenvalue weighted by Gasteiger charge is 2.10. The van der Waals surface area contributed by atoms with Gasteiger partial charge < -0.3 is 20.1 Å². The SMILES string of the molecule is C1=CNC(NCc2ccccc2OCCCCN2CCOCC2)N1. The van der Waals surface area contributed by atoms with Gasteiger partial charge in [0.25, 0.3) is 0 Å². The van der Waals surface area contributed by atoms with Gasteiger partial charge in [-0.3, -0.25) is 10.2 Å². The Hall–Kier alpha value is -1.76. The number of unbranched alkanes of at least 4 members (excludes halogenated alkanes) is 1. The first-order valence-electron chi connectivity index (χ1n) is 8.83. The summed E-state index contributed by atoms with van der Waals surface area (Å²) in [6.07, 6.45) is 6.13. The fraction of sp³-hybridized carbons (Fsp3) is 0.556. The first-order valence-corrected chi connectivity index (χ1v) is 8.83. The number of nitrogens with one attached hydrogen (secondary N) is 3. The van der Waals surface area contributed by atoms with Gasteiger partial charge in [-0.25, -0.2) is 0 Å². The van der Waals surface area contributed by atoms with Gasteiger partial charge in [0.2, 0.25) is 0 Å². The number of hydrogen-bond acceptors (Lipinski definition) is 6. The average molecular weight is 332 g/mol. The van der Waals surface area contributed by atoms with Crippen LogP contribution < -0.4 is 20.7 Å². The van der Waals surface area contributed by atoms with E-state index in [1.807, 2.05) is 24.5 Å². The van der Waals surface area contributed by atoms with Crippen molar-refractivity contribution in [3.63, 3.8) is 0 Å². The standard InChI is InChI=1S/C18H28N4O2/c1-2-6-17(16(5-1)15-21-18-19-7-8-20-18)24-12-4-3-9-22-10-13-23-14-11-22/h1-2,5-8,18-21H,3-4,9-15H2. The van der Waals surface area contributed by atoms with E-state index in [2.05, 4.69) is 33.0 Å². The molecule has 1 saturated heterocycles. The van der Waals surface area contributed by atoms with Crippen molar-refractivity contribution in [1.29, 1.82) is 0 Å². The number of nitrogens with zero attached hydrogens (tertiary/aromatic N) is 1. The zero-order valence-corrected chi connectivity index (χ0v) is 14.2. The van der Waals surface area contributed by atoms with Gasteiger partial charge in [-0.2, -0.15) is 0 Å². The lowest BCUT2D eigenvalue weighted by molar-refractivity contribution is 0.0368. The largest absolute Gasteiger partial charge is 0.493 e. The van der Waals surface area contributed by atoms with E-state index in [0.29, 0.717) is 0 Å². The summed E-state index contributed by atoms with van der Waals surface area (Å²) in [5.74, 6) is 0.974. The third-order valence-corrected chi connectivity index (χ3v) is 4.31. The van der Waals surface area contributed by atoms with Gasteiger partial charge >= 0.3 is 0 Å². The minimum atomic E-state index is 0.0894. The molecular formula is C18H28N4O2. The second kappa shape index (κ2) is 9.52. The summed E-state index contributed by atoms with van der Waals surface area (Å²) in [5.41, 5.74) is 1.18. The minimum Gasteiger partial charge on any atom is -0.493 e. The first kappa shape index (κ1) is 17.1. The van der Waals surface area contributed by atoms with Crippen molar-refractivity contribution in [3.8, 4) is 5.75 Å². The van der Waals surface area contributed by atoms with Gasteiger partial charge in [0.05, 0.1) is 19.8 Å². The zero-order valence-electron chi connectivity index (χ0n) is 14.2. The lowest BCUT2D eigenvalue weighted by atomic mass is 10.2. The number of rotatable bonds is 9. The van der Waals surface area contributed by atoms with Crippen molar-refractivity contribution in [2.75, 3.05) is 39.5 Å². The van der Waals surface area contributed by atoms with Gasteiger partial charge in [-0.05, 0) is 25.5 Å². The second-order valence-corrected chi connectivity index (χ2v) is 6.10. The molecule has 2 aliphatic rings. The van der Waals surface area contributed by atoms with Crippen LogP contribution in [-0.2, 0) is 11.3 Å². The van der Waals surface area contributed by atoms with E-state index in [4.69, 9.17) is 9.47 Å². The predicted molar refractivity (Wildman–Crippen MR) is 94.5 cm³/mol. The molecule has 6 heteroatoms. The maximum absolute atomic E-state index is 6.00. The Balaban J connectivity index is 1.35. The van der Waals surface area contributed by atoms with Crippen LogP contribution in [0, 0.1) is 0 Å². The van der Waals surface area contributed by atoms with Gasteiger partial charge in [0.1, 0.15) is 5.75 Å². The van der Waals surface area contributed by atoms with Gasteiger partial charge in [-0.1, -0.05) is 18.2 Å². The predicted octanol–water partition coefficient (Wildman–Crippen LogP) is 1.22. The Bertz CT molecular complexity index is 509. The molecule has 0 aliphatic carbocycles. The fourth-order valence-corrected chi connectivity index (χ4v) is 2.90. The summed E-state index contributed by atoms with van der Waals surface area (Å²) < 4.78 is 11.4. The molecular weight excluding hydrogens is 304 g/mol. The number of para-hydroxylation sites is 1. The van der Waals surface area contributed by atoms with Crippen LogP contribution >= 0.6 is 0 Å². The van der Waals surface area contributed by atoms with Crippen LogP contribution in [0.25, 0.3) is 0 Å². The molecule has 2 heterocycles. The molecule has 0 aromatic heterocycles. The lowest BCUT2D eigenvalue weighted by Crippen LogP contribution is -2.44. The highest BCUT2D eigenvalue weighted by Crippen LogP contribution is 2.18. The van der Waals surface area contributed by atoms with Crippen molar-refractivity contribution in [1.82, 2.24) is 20.9 Å². The van der Waals surface area contributed by atoms with Crippen LogP contribution in [0.5, 0.6) is 5.75 Å². The van der Waals surface area contributed by atoms with Gasteiger partial charge in [-0.15, -0.1) is 0 Å². The first-order chi connectivity index (χ1) is 11.9. The van der Waals surface area contributed by atoms with E-state index in [1.165, 1.54) is 12.0 Å². The Morgan fingerprint density at radius 3 is 2.75 bits per heavy atom. The molecule has 1 fully saturated rings. The molecule has 1 aromatic rings. The number of hydrogen-bond donors (Lipinski definition) is 3. The molecule has 0 spiro atoms. The second-order valence-electron chi connectivity index (χ2n) is 6.10. The van der Waals surface area contributed by atoms with Gasteiger partial charge in [0, 0.05) is 37.6 Å². The molecule has 1 aromatic carbocycles. The van der Waals surface area contributed by atoms with Crippen LogP contribution in [0.1, 0.15) is 18.4 Å². The summed E-state index contributed by atoms with van der Waals surface area (Å²) in [6, 6.07) is 8.24. The average Bonchev–Trinajstić information content (AvgIpc) is 3.15. The molecule has 3 N–H and O–H groups in total. The van der Waals surface area contributed by atoms with E-state index in [1.54, 1.807) is 0 Å². The number of benzene rings is 1. The normalized spacial score (nSPS) is 18.3. The number of ether oxygens (including phenoxy) is 2. The molecule has 2 aliphatic heterocycles. The van der Waals surface area contributed by atoms with E-state index in [-0.39, 0.29) is 6.29 Å². The highest BCUT2D eigenvalue weighted by atomic mass is 16.5. The van der Waals surface area contributed by atoms with E-state index in [0.717, 1.165) is 58.2 Å². The molecule has 0 saturated carbocycles. The van der Waals surface area contributed by atoms with Crippen LogP contribution in [0.2, 0.25) is 0 Å². The monoisotopic (exact) mass is 332 g/mol. The number of morpholine rings is 1. The van der Waals surface area contributed by atoms with E-state index < -0.39 is 0 Å². The van der Waals surface area contributed by atoms with Crippen molar-refractivity contribution in [2.45, 2.75) is 25.7 Å². The van der Waals surface area contributed by atoms with Gasteiger partial charge in [0.15, 0.2) is 6.29 Å². The summed E-state index contributed by atoms with van der Waals surface area (Å²) in [7, 11) is 0. The Morgan fingerprint density at radius 2 is 1.92 bits per heavy atom. The summed E-state index contributed by atoms with van der Waals surface area (Å²) in [5, 5.41) is 9.76. The van der Waals surface area contributed by atoms with Crippen molar-refractivity contribution < 1.29 is 9.47 Å². The molecule has 6 nitrogen and oxygen atoms in total. The van der Waals surface area contributed by atoms with E-state index in [9.17, 15) is 0 Å². The molecule has 0 bridgehead atoms. The molecule has 24 heavy (non-hydrogen) atoms. The molecule has 132 valence electrons. The lowest BCUT2D eigenvalue weighted by Gasteiger charge is -2.26. The Labute approximate surface area is 144 Å². The Kier molecular flexibility index (Phi) is 6.77. The molecule has 0 radical (unpaired) electrons. The molecule has 3 rings (SSSR count). The van der Waals surface area contributed by atoms with Crippen LogP contribution in [0.3, 0.4) is 0 Å². The summed E-state index contributed by atoms with van der Waals surface area (Å²) in [4.78, 5) is 2.47. The topological polar surface area (TPSA) is 57.8 Å². The zero-order chi connectivity index (χ0) is 16.5.